The van der Waals surface area contributed by atoms with Crippen LogP contribution in [0.3, 0.4) is 0 Å². The lowest BCUT2D eigenvalue weighted by atomic mass is 10.00. The number of hydrogen-bond donors (Lipinski definition) is 2. The molecule has 2 N–H and O–H groups in total. The topological polar surface area (TPSA) is 148 Å². The van der Waals surface area contributed by atoms with Crippen molar-refractivity contribution in [3.05, 3.63) is 192 Å². The van der Waals surface area contributed by atoms with Crippen molar-refractivity contribution in [2.24, 2.45) is 5.92 Å². The van der Waals surface area contributed by atoms with Crippen molar-refractivity contribution < 1.29 is 46.7 Å². The summed E-state index contributed by atoms with van der Waals surface area (Å²) in [7, 11) is -4.50. The van der Waals surface area contributed by atoms with Gasteiger partial charge in [-0.25, -0.2) is 9.36 Å². The minimum Gasteiger partial charge on any atom is -0.457 e. The van der Waals surface area contributed by atoms with Crippen LogP contribution in [-0.4, -0.2) is 36.5 Å². The second-order valence-corrected chi connectivity index (χ2v) is 16.7. The van der Waals surface area contributed by atoms with Gasteiger partial charge in [-0.1, -0.05) is 135 Å². The van der Waals surface area contributed by atoms with Crippen molar-refractivity contribution in [3.63, 3.8) is 0 Å². The summed E-state index contributed by atoms with van der Waals surface area (Å²) in [6, 6.07) is 48.7. The van der Waals surface area contributed by atoms with Gasteiger partial charge in [0.15, 0.2) is 5.78 Å². The Bertz CT molecular complexity index is 2310. The molecule has 0 aliphatic rings. The highest BCUT2D eigenvalue weighted by Crippen LogP contribution is 2.51. The minimum absolute atomic E-state index is 0.00171. The summed E-state index contributed by atoms with van der Waals surface area (Å²) in [5.41, 5.74) is 2.73. The van der Waals surface area contributed by atoms with Gasteiger partial charge in [-0.2, -0.15) is 0 Å². The van der Waals surface area contributed by atoms with E-state index in [0.29, 0.717) is 34.1 Å². The van der Waals surface area contributed by atoms with Gasteiger partial charge in [0.25, 0.3) is 0 Å². The molecule has 0 aliphatic carbocycles. The second kappa shape index (κ2) is 23.6. The quantitative estimate of drug-likeness (QED) is 0.0596. The van der Waals surface area contributed by atoms with E-state index in [0.717, 1.165) is 11.1 Å². The number of phosphoric ester groups is 1. The molecule has 0 radical (unpaired) electrons. The van der Waals surface area contributed by atoms with E-state index >= 15 is 0 Å². The molecular formula is C50H51N2O10P. The summed E-state index contributed by atoms with van der Waals surface area (Å²) in [6.45, 7) is 2.65. The van der Waals surface area contributed by atoms with Gasteiger partial charge < -0.3 is 24.8 Å². The summed E-state index contributed by atoms with van der Waals surface area (Å²) >= 11 is 0. The molecule has 0 bridgehead atoms. The van der Waals surface area contributed by atoms with Crippen molar-refractivity contribution >= 4 is 25.6 Å². The van der Waals surface area contributed by atoms with E-state index in [1.807, 2.05) is 135 Å². The Morgan fingerprint density at radius 1 is 0.508 bits per heavy atom. The van der Waals surface area contributed by atoms with Crippen molar-refractivity contribution in [2.75, 3.05) is 6.61 Å². The molecule has 6 rings (SSSR count). The summed E-state index contributed by atoms with van der Waals surface area (Å²) in [4.78, 5) is 40.9. The first-order valence-corrected chi connectivity index (χ1v) is 22.1. The first-order valence-electron chi connectivity index (χ1n) is 20.6. The van der Waals surface area contributed by atoms with E-state index in [2.05, 4.69) is 10.6 Å². The third kappa shape index (κ3) is 15.7. The largest absolute Gasteiger partial charge is 0.475 e. The van der Waals surface area contributed by atoms with Gasteiger partial charge in [-0.15, -0.1) is 0 Å². The number of ether oxygens (including phenoxy) is 3. The normalized spacial score (nSPS) is 12.2. The number of ketones is 1. The van der Waals surface area contributed by atoms with E-state index in [9.17, 15) is 18.9 Å². The van der Waals surface area contributed by atoms with Gasteiger partial charge in [0.05, 0.1) is 19.3 Å². The van der Waals surface area contributed by atoms with E-state index < -0.39 is 44.3 Å². The molecule has 326 valence electrons. The summed E-state index contributed by atoms with van der Waals surface area (Å²) in [5.74, 6) is 1.12. The first-order chi connectivity index (χ1) is 30.6. The number of alkyl carbamates (subject to hydrolysis) is 1. The Balaban J connectivity index is 1.17. The Kier molecular flexibility index (Phi) is 17.2. The summed E-state index contributed by atoms with van der Waals surface area (Å²) < 4.78 is 49.5. The molecule has 2 amide bonds. The van der Waals surface area contributed by atoms with Crippen molar-refractivity contribution in [3.8, 4) is 23.0 Å². The Labute approximate surface area is 368 Å². The van der Waals surface area contributed by atoms with Gasteiger partial charge in [0.1, 0.15) is 42.3 Å². The van der Waals surface area contributed by atoms with Crippen LogP contribution in [0.2, 0.25) is 0 Å². The van der Waals surface area contributed by atoms with Crippen LogP contribution in [0.15, 0.2) is 170 Å². The fourth-order valence-corrected chi connectivity index (χ4v) is 7.41. The molecule has 0 heterocycles. The number of nitrogens with one attached hydrogen (secondary N) is 2. The minimum atomic E-state index is -4.50. The molecule has 0 fully saturated rings. The highest BCUT2D eigenvalue weighted by molar-refractivity contribution is 7.48. The average molecular weight is 871 g/mol. The fraction of sp³-hybridized carbons (Fsp3) is 0.220. The van der Waals surface area contributed by atoms with E-state index in [1.54, 1.807) is 48.5 Å². The van der Waals surface area contributed by atoms with Crippen molar-refractivity contribution in [1.29, 1.82) is 0 Å². The molecule has 0 aliphatic heterocycles. The SMILES string of the molecule is CC(C)C[C@H](NC(=O)OCc1ccccc1)C(=O)N[C@@H](Cc1ccccc1)C(=O)COP(=O)(OCc1cccc(Oc2ccccc2)c1)OCc1cccc(Oc2ccccc2)c1. The number of Topliss-reactive ketones (excluding diaryl/α,β-unsaturated/α-hetero) is 1. The maximum absolute atomic E-state index is 14.5. The molecule has 13 heteroatoms. The van der Waals surface area contributed by atoms with Crippen molar-refractivity contribution in [1.82, 2.24) is 10.6 Å². The zero-order valence-corrected chi connectivity index (χ0v) is 36.1. The van der Waals surface area contributed by atoms with Gasteiger partial charge >= 0.3 is 13.9 Å². The smallest absolute Gasteiger partial charge is 0.457 e. The lowest BCUT2D eigenvalue weighted by molar-refractivity contribution is -0.130. The van der Waals surface area contributed by atoms with Crippen LogP contribution in [-0.2, 0) is 58.7 Å². The second-order valence-electron chi connectivity index (χ2n) is 15.0. The van der Waals surface area contributed by atoms with Crippen LogP contribution in [0.5, 0.6) is 23.0 Å². The Morgan fingerprint density at radius 2 is 0.968 bits per heavy atom. The van der Waals surface area contributed by atoms with Crippen LogP contribution in [0.1, 0.15) is 42.5 Å². The zero-order chi connectivity index (χ0) is 44.3. The Hall–Kier alpha value is -6.56. The predicted octanol–water partition coefficient (Wildman–Crippen LogP) is 10.8. The zero-order valence-electron chi connectivity index (χ0n) is 35.2. The molecule has 0 saturated heterocycles. The number of phosphoric acid groups is 1. The van der Waals surface area contributed by atoms with Crippen molar-refractivity contribution in [2.45, 2.75) is 58.6 Å². The molecule has 0 saturated carbocycles. The number of para-hydroxylation sites is 2. The maximum Gasteiger partial charge on any atom is 0.475 e. The number of amides is 2. The van der Waals surface area contributed by atoms with Crippen LogP contribution >= 0.6 is 7.82 Å². The molecule has 12 nitrogen and oxygen atoms in total. The highest BCUT2D eigenvalue weighted by Gasteiger charge is 2.33. The van der Waals surface area contributed by atoms with Crippen LogP contribution in [0.4, 0.5) is 4.79 Å². The number of benzene rings is 6. The van der Waals surface area contributed by atoms with Gasteiger partial charge in [-0.05, 0) is 89.5 Å². The third-order valence-electron chi connectivity index (χ3n) is 9.41. The number of hydrogen-bond acceptors (Lipinski definition) is 10. The van der Waals surface area contributed by atoms with Crippen LogP contribution in [0.25, 0.3) is 0 Å². The Morgan fingerprint density at radius 3 is 1.48 bits per heavy atom. The first kappa shape index (κ1) is 46.0. The van der Waals surface area contributed by atoms with Crippen LogP contribution < -0.4 is 20.1 Å². The number of carbonyl (C=O) groups is 3. The monoisotopic (exact) mass is 870 g/mol. The highest BCUT2D eigenvalue weighted by atomic mass is 31.2. The van der Waals surface area contributed by atoms with Crippen LogP contribution in [0, 0.1) is 5.92 Å². The molecule has 2 atom stereocenters. The van der Waals surface area contributed by atoms with Gasteiger partial charge in [0.2, 0.25) is 5.91 Å². The van der Waals surface area contributed by atoms with Gasteiger partial charge in [0, 0.05) is 0 Å². The molecule has 6 aromatic carbocycles. The summed E-state index contributed by atoms with van der Waals surface area (Å²) in [6.07, 6.45) is -0.435. The van der Waals surface area contributed by atoms with E-state index in [-0.39, 0.29) is 38.6 Å². The number of rotatable bonds is 23. The summed E-state index contributed by atoms with van der Waals surface area (Å²) in [5, 5.41) is 5.48. The average Bonchev–Trinajstić information content (AvgIpc) is 3.30. The standard InChI is InChI=1S/C50H51N2O10P/c1-37(2)29-47(52-50(55)57-33-39-19-9-4-10-20-39)49(54)51-46(32-38-17-7-3-8-18-38)48(53)36-60-63(56,58-34-40-21-15-27-44(30-40)61-42-23-11-5-12-24-42)59-35-41-22-16-28-45(31-41)62-43-25-13-6-14-26-43/h3-28,30-31,37,46-47H,29,32-36H2,1-2H3,(H,51,54)(H,52,55)/t46-,47-/m0/s1. The maximum atomic E-state index is 14.5. The lowest BCUT2D eigenvalue weighted by Gasteiger charge is -2.24. The molecule has 6 aromatic rings. The third-order valence-corrected chi connectivity index (χ3v) is 10.8. The molecule has 63 heavy (non-hydrogen) atoms. The fourth-order valence-electron chi connectivity index (χ4n) is 6.29. The van der Waals surface area contributed by atoms with E-state index in [1.165, 1.54) is 0 Å². The lowest BCUT2D eigenvalue weighted by Crippen LogP contribution is -2.53. The molecule has 0 aromatic heterocycles. The molecular weight excluding hydrogens is 820 g/mol. The molecule has 0 spiro atoms. The number of carbonyl (C=O) groups excluding carboxylic acids is 3. The van der Waals surface area contributed by atoms with E-state index in [4.69, 9.17) is 27.8 Å². The predicted molar refractivity (Wildman–Crippen MR) is 239 cm³/mol. The molecule has 0 unspecified atom stereocenters. The van der Waals surface area contributed by atoms with Gasteiger partial charge in [-0.3, -0.25) is 23.2 Å².